The molecule has 2 rings (SSSR count). The SMILES string of the molecule is FC1(c2cccc(Cl)c2)CNC1. The molecule has 64 valence electrons. The van der Waals surface area contributed by atoms with Crippen molar-refractivity contribution in [1.82, 2.24) is 5.32 Å². The van der Waals surface area contributed by atoms with E-state index in [-0.39, 0.29) is 0 Å². The Morgan fingerprint density at radius 2 is 2.17 bits per heavy atom. The standard InChI is InChI=1S/C9H9ClFN/c10-8-3-1-2-7(4-8)9(11)5-12-6-9/h1-4,12H,5-6H2. The third-order valence-corrected chi connectivity index (χ3v) is 2.39. The Bertz CT molecular complexity index is 296. The first-order valence-electron chi connectivity index (χ1n) is 3.86. The molecule has 1 N–H and O–H groups in total. The summed E-state index contributed by atoms with van der Waals surface area (Å²) in [5.41, 5.74) is -0.515. The Morgan fingerprint density at radius 1 is 1.42 bits per heavy atom. The van der Waals surface area contributed by atoms with Gasteiger partial charge in [0.05, 0.1) is 0 Å². The summed E-state index contributed by atoms with van der Waals surface area (Å²) in [6.07, 6.45) is 0. The van der Waals surface area contributed by atoms with Crippen LogP contribution in [0.5, 0.6) is 0 Å². The van der Waals surface area contributed by atoms with Crippen LogP contribution in [-0.4, -0.2) is 13.1 Å². The van der Waals surface area contributed by atoms with Crippen molar-refractivity contribution in [3.05, 3.63) is 34.9 Å². The average Bonchev–Trinajstić information content (AvgIpc) is 2.00. The van der Waals surface area contributed by atoms with Gasteiger partial charge in [-0.05, 0) is 17.7 Å². The second-order valence-electron chi connectivity index (χ2n) is 3.08. The lowest BCUT2D eigenvalue weighted by molar-refractivity contribution is 0.0892. The van der Waals surface area contributed by atoms with Gasteiger partial charge in [0, 0.05) is 18.1 Å². The van der Waals surface area contributed by atoms with Crippen molar-refractivity contribution in [2.75, 3.05) is 13.1 Å². The van der Waals surface area contributed by atoms with Gasteiger partial charge in [-0.25, -0.2) is 4.39 Å². The monoisotopic (exact) mass is 185 g/mol. The number of hydrogen-bond donors (Lipinski definition) is 1. The first-order chi connectivity index (χ1) is 5.71. The molecule has 1 aromatic carbocycles. The summed E-state index contributed by atoms with van der Waals surface area (Å²) in [6, 6.07) is 6.98. The topological polar surface area (TPSA) is 12.0 Å². The molecule has 0 bridgehead atoms. The maximum absolute atomic E-state index is 13.7. The molecule has 0 saturated carbocycles. The summed E-state index contributed by atoms with van der Waals surface area (Å²) in [7, 11) is 0. The normalized spacial score (nSPS) is 20.2. The van der Waals surface area contributed by atoms with Crippen LogP contribution in [0.1, 0.15) is 5.56 Å². The third-order valence-electron chi connectivity index (χ3n) is 2.15. The number of nitrogens with one attached hydrogen (secondary N) is 1. The average molecular weight is 186 g/mol. The number of alkyl halides is 1. The summed E-state index contributed by atoms with van der Waals surface area (Å²) in [5, 5.41) is 3.50. The van der Waals surface area contributed by atoms with Crippen LogP contribution >= 0.6 is 11.6 Å². The van der Waals surface area contributed by atoms with Gasteiger partial charge in [0.2, 0.25) is 0 Å². The smallest absolute Gasteiger partial charge is 0.160 e. The van der Waals surface area contributed by atoms with Gasteiger partial charge in [-0.1, -0.05) is 23.7 Å². The van der Waals surface area contributed by atoms with Crippen LogP contribution < -0.4 is 5.32 Å². The molecule has 1 nitrogen and oxygen atoms in total. The van der Waals surface area contributed by atoms with E-state index in [2.05, 4.69) is 5.32 Å². The molecular weight excluding hydrogens is 177 g/mol. The van der Waals surface area contributed by atoms with Crippen LogP contribution in [0.15, 0.2) is 24.3 Å². The quantitative estimate of drug-likeness (QED) is 0.707. The lowest BCUT2D eigenvalue weighted by Crippen LogP contribution is -2.53. The Kier molecular flexibility index (Phi) is 1.81. The van der Waals surface area contributed by atoms with Crippen LogP contribution in [0.4, 0.5) is 4.39 Å². The highest BCUT2D eigenvalue weighted by Crippen LogP contribution is 2.31. The van der Waals surface area contributed by atoms with Gasteiger partial charge in [0.15, 0.2) is 5.67 Å². The van der Waals surface area contributed by atoms with Crippen molar-refractivity contribution in [2.24, 2.45) is 0 Å². The van der Waals surface area contributed by atoms with Crippen molar-refractivity contribution in [3.8, 4) is 0 Å². The predicted molar refractivity (Wildman–Crippen MR) is 47.1 cm³/mol. The predicted octanol–water partition coefficient (Wildman–Crippen LogP) is 2.11. The fourth-order valence-electron chi connectivity index (χ4n) is 1.32. The molecule has 0 amide bonds. The summed E-state index contributed by atoms with van der Waals surface area (Å²) < 4.78 is 13.7. The minimum absolute atomic E-state index is 0.396. The van der Waals surface area contributed by atoms with E-state index in [9.17, 15) is 4.39 Å². The Balaban J connectivity index is 2.33. The molecule has 0 aromatic heterocycles. The second-order valence-corrected chi connectivity index (χ2v) is 3.52. The van der Waals surface area contributed by atoms with Gasteiger partial charge >= 0.3 is 0 Å². The maximum atomic E-state index is 13.7. The van der Waals surface area contributed by atoms with Crippen molar-refractivity contribution >= 4 is 11.6 Å². The van der Waals surface area contributed by atoms with Crippen molar-refractivity contribution in [2.45, 2.75) is 5.67 Å². The van der Waals surface area contributed by atoms with Crippen molar-refractivity contribution in [1.29, 1.82) is 0 Å². The number of hydrogen-bond acceptors (Lipinski definition) is 1. The first kappa shape index (κ1) is 8.02. The number of benzene rings is 1. The highest BCUT2D eigenvalue weighted by Gasteiger charge is 2.38. The van der Waals surface area contributed by atoms with E-state index in [0.29, 0.717) is 23.7 Å². The molecule has 1 aromatic rings. The molecule has 0 atom stereocenters. The molecule has 3 heteroatoms. The van der Waals surface area contributed by atoms with E-state index >= 15 is 0 Å². The molecule has 1 heterocycles. The Labute approximate surface area is 75.5 Å². The van der Waals surface area contributed by atoms with Gasteiger partial charge in [0.1, 0.15) is 0 Å². The molecule has 0 spiro atoms. The molecule has 0 radical (unpaired) electrons. The Hall–Kier alpha value is -0.600. The minimum Gasteiger partial charge on any atom is -0.310 e. The summed E-state index contributed by atoms with van der Waals surface area (Å²) in [4.78, 5) is 0. The molecule has 1 aliphatic heterocycles. The van der Waals surface area contributed by atoms with E-state index in [1.54, 1.807) is 24.3 Å². The summed E-state index contributed by atoms with van der Waals surface area (Å²) in [5.74, 6) is 0. The van der Waals surface area contributed by atoms with Crippen LogP contribution in [0, 0.1) is 0 Å². The summed E-state index contributed by atoms with van der Waals surface area (Å²) in [6.45, 7) is 0.792. The van der Waals surface area contributed by atoms with Crippen LogP contribution in [-0.2, 0) is 5.67 Å². The zero-order chi connectivity index (χ0) is 8.60. The van der Waals surface area contributed by atoms with Gasteiger partial charge < -0.3 is 5.32 Å². The lowest BCUT2D eigenvalue weighted by atomic mass is 9.90. The van der Waals surface area contributed by atoms with E-state index in [1.165, 1.54) is 0 Å². The zero-order valence-electron chi connectivity index (χ0n) is 6.48. The molecule has 1 aliphatic rings. The molecule has 12 heavy (non-hydrogen) atoms. The van der Waals surface area contributed by atoms with E-state index in [4.69, 9.17) is 11.6 Å². The zero-order valence-corrected chi connectivity index (χ0v) is 7.24. The molecule has 0 unspecified atom stereocenters. The second kappa shape index (κ2) is 2.71. The van der Waals surface area contributed by atoms with E-state index in [0.717, 1.165) is 0 Å². The molecule has 1 saturated heterocycles. The van der Waals surface area contributed by atoms with E-state index in [1.807, 2.05) is 0 Å². The van der Waals surface area contributed by atoms with Gasteiger partial charge in [-0.2, -0.15) is 0 Å². The largest absolute Gasteiger partial charge is 0.310 e. The summed E-state index contributed by atoms with van der Waals surface area (Å²) >= 11 is 5.74. The van der Waals surface area contributed by atoms with Crippen LogP contribution in [0.3, 0.4) is 0 Å². The van der Waals surface area contributed by atoms with E-state index < -0.39 is 5.67 Å². The highest BCUT2D eigenvalue weighted by atomic mass is 35.5. The first-order valence-corrected chi connectivity index (χ1v) is 4.24. The van der Waals surface area contributed by atoms with Crippen molar-refractivity contribution in [3.63, 3.8) is 0 Å². The van der Waals surface area contributed by atoms with Gasteiger partial charge in [-0.3, -0.25) is 0 Å². The number of rotatable bonds is 1. The van der Waals surface area contributed by atoms with Crippen LogP contribution in [0.2, 0.25) is 5.02 Å². The third kappa shape index (κ3) is 1.21. The maximum Gasteiger partial charge on any atom is 0.160 e. The van der Waals surface area contributed by atoms with Crippen LogP contribution in [0.25, 0.3) is 0 Å². The Morgan fingerprint density at radius 3 is 2.67 bits per heavy atom. The van der Waals surface area contributed by atoms with Crippen molar-refractivity contribution < 1.29 is 4.39 Å². The lowest BCUT2D eigenvalue weighted by Gasteiger charge is -2.35. The van der Waals surface area contributed by atoms with Gasteiger partial charge in [-0.15, -0.1) is 0 Å². The fraction of sp³-hybridized carbons (Fsp3) is 0.333. The molecular formula is C9H9ClFN. The number of halogens is 2. The highest BCUT2D eigenvalue weighted by molar-refractivity contribution is 6.30. The molecule has 0 aliphatic carbocycles. The fourth-order valence-corrected chi connectivity index (χ4v) is 1.51. The molecule has 1 fully saturated rings. The van der Waals surface area contributed by atoms with Gasteiger partial charge in [0.25, 0.3) is 0 Å². The minimum atomic E-state index is -1.19.